The quantitative estimate of drug-likeness (QED) is 0.578. The number of terminal acetylenes is 1. The molecule has 1 rings (SSSR count). The Morgan fingerprint density at radius 2 is 2.11 bits per heavy atom. The Balaban J connectivity index is 2.27. The number of amides is 1. The Morgan fingerprint density at radius 1 is 1.39 bits per heavy atom. The molecule has 1 amide bonds. The molecule has 0 aliphatic carbocycles. The molecule has 0 saturated heterocycles. The first-order valence-electron chi connectivity index (χ1n) is 5.81. The maximum Gasteiger partial charge on any atom is 0.251 e. The number of hydrogen-bond acceptors (Lipinski definition) is 3. The molecule has 0 aliphatic heterocycles. The number of benzene rings is 1. The number of thioether (sulfide) groups is 1. The van der Waals surface area contributed by atoms with Crippen molar-refractivity contribution in [2.75, 3.05) is 25.1 Å². The van der Waals surface area contributed by atoms with E-state index in [0.717, 1.165) is 24.6 Å². The van der Waals surface area contributed by atoms with Crippen molar-refractivity contribution >= 4 is 17.7 Å². The number of nitrogens with one attached hydrogen (secondary N) is 2. The lowest BCUT2D eigenvalue weighted by molar-refractivity contribution is 0.0963. The summed E-state index contributed by atoms with van der Waals surface area (Å²) in [5.41, 5.74) is 1.86. The van der Waals surface area contributed by atoms with Crippen molar-refractivity contribution in [3.05, 3.63) is 35.4 Å². The molecule has 0 atom stereocenters. The molecule has 0 unspecified atom stereocenters. The van der Waals surface area contributed by atoms with E-state index in [0.29, 0.717) is 5.56 Å². The van der Waals surface area contributed by atoms with Gasteiger partial charge in [0.05, 0.1) is 5.75 Å². The minimum Gasteiger partial charge on any atom is -0.355 e. The summed E-state index contributed by atoms with van der Waals surface area (Å²) in [5.74, 6) is 4.32. The number of rotatable bonds is 7. The lowest BCUT2D eigenvalue weighted by atomic mass is 10.1. The van der Waals surface area contributed by atoms with E-state index in [-0.39, 0.29) is 5.91 Å². The molecule has 1 aromatic carbocycles. The second-order valence-corrected chi connectivity index (χ2v) is 4.81. The minimum absolute atomic E-state index is 0.0554. The zero-order chi connectivity index (χ0) is 13.2. The van der Waals surface area contributed by atoms with Crippen molar-refractivity contribution in [3.63, 3.8) is 0 Å². The van der Waals surface area contributed by atoms with E-state index in [1.54, 1.807) is 18.8 Å². The smallest absolute Gasteiger partial charge is 0.251 e. The van der Waals surface area contributed by atoms with Crippen LogP contribution in [0.4, 0.5) is 0 Å². The Bertz CT molecular complexity index is 409. The van der Waals surface area contributed by atoms with E-state index in [1.807, 2.05) is 24.3 Å². The van der Waals surface area contributed by atoms with Crippen molar-refractivity contribution in [3.8, 4) is 12.3 Å². The molecule has 0 saturated carbocycles. The van der Waals surface area contributed by atoms with Gasteiger partial charge in [0.2, 0.25) is 0 Å². The van der Waals surface area contributed by atoms with Gasteiger partial charge in [-0.25, -0.2) is 0 Å². The van der Waals surface area contributed by atoms with Crippen LogP contribution in [0.5, 0.6) is 0 Å². The first kappa shape index (κ1) is 14.6. The Morgan fingerprint density at radius 3 is 2.72 bits per heavy atom. The topological polar surface area (TPSA) is 41.1 Å². The number of hydrogen-bond donors (Lipinski definition) is 2. The second-order valence-electron chi connectivity index (χ2n) is 3.71. The molecular weight excluding hydrogens is 244 g/mol. The van der Waals surface area contributed by atoms with Crippen LogP contribution < -0.4 is 10.6 Å². The molecular formula is C14H18N2OS. The fraction of sp³-hybridized carbons (Fsp3) is 0.357. The van der Waals surface area contributed by atoms with Gasteiger partial charge in [0.1, 0.15) is 0 Å². The fourth-order valence-corrected chi connectivity index (χ4v) is 1.98. The molecule has 1 aromatic rings. The average molecular weight is 262 g/mol. The molecule has 96 valence electrons. The highest BCUT2D eigenvalue weighted by molar-refractivity contribution is 7.99. The fourth-order valence-electron chi connectivity index (χ4n) is 1.43. The van der Waals surface area contributed by atoms with Crippen LogP contribution in [0.1, 0.15) is 15.9 Å². The standard InChI is InChI=1S/C14H18N2OS/c1-3-9-18-10-8-16-11-12-4-6-13(7-5-12)14(17)15-2/h1,4-7,16H,8-11H2,2H3,(H,15,17). The van der Waals surface area contributed by atoms with Gasteiger partial charge in [0.25, 0.3) is 5.91 Å². The lowest BCUT2D eigenvalue weighted by Gasteiger charge is -2.05. The summed E-state index contributed by atoms with van der Waals surface area (Å²) in [6.45, 7) is 1.74. The van der Waals surface area contributed by atoms with E-state index in [4.69, 9.17) is 6.42 Å². The van der Waals surface area contributed by atoms with Gasteiger partial charge >= 0.3 is 0 Å². The van der Waals surface area contributed by atoms with Crippen molar-refractivity contribution in [1.29, 1.82) is 0 Å². The van der Waals surface area contributed by atoms with Crippen LogP contribution in [0.3, 0.4) is 0 Å². The Kier molecular flexibility index (Phi) is 7.00. The number of carbonyl (C=O) groups is 1. The monoisotopic (exact) mass is 262 g/mol. The first-order chi connectivity index (χ1) is 8.77. The van der Waals surface area contributed by atoms with Crippen LogP contribution in [0, 0.1) is 12.3 Å². The summed E-state index contributed by atoms with van der Waals surface area (Å²) in [6, 6.07) is 7.60. The maximum absolute atomic E-state index is 11.3. The normalized spacial score (nSPS) is 9.78. The zero-order valence-electron chi connectivity index (χ0n) is 10.5. The second kappa shape index (κ2) is 8.62. The van der Waals surface area contributed by atoms with E-state index in [2.05, 4.69) is 16.6 Å². The predicted molar refractivity (Wildman–Crippen MR) is 77.7 cm³/mol. The summed E-state index contributed by atoms with van der Waals surface area (Å²) in [4.78, 5) is 11.3. The molecule has 0 fully saturated rings. The molecule has 4 heteroatoms. The molecule has 0 spiro atoms. The highest BCUT2D eigenvalue weighted by atomic mass is 32.2. The molecule has 2 N–H and O–H groups in total. The van der Waals surface area contributed by atoms with Crippen molar-refractivity contribution in [2.24, 2.45) is 0 Å². The molecule has 0 aromatic heterocycles. The maximum atomic E-state index is 11.3. The Hall–Kier alpha value is -1.44. The molecule has 0 aliphatic rings. The van der Waals surface area contributed by atoms with Gasteiger partial charge in [-0.15, -0.1) is 18.2 Å². The van der Waals surface area contributed by atoms with Gasteiger partial charge in [-0.05, 0) is 17.7 Å². The number of carbonyl (C=O) groups excluding carboxylic acids is 1. The molecule has 3 nitrogen and oxygen atoms in total. The molecule has 0 radical (unpaired) electrons. The van der Waals surface area contributed by atoms with Gasteiger partial charge in [-0.3, -0.25) is 4.79 Å². The Labute approximate surface area is 113 Å². The minimum atomic E-state index is -0.0554. The van der Waals surface area contributed by atoms with Gasteiger partial charge < -0.3 is 10.6 Å². The van der Waals surface area contributed by atoms with Gasteiger partial charge in [0, 0.05) is 31.5 Å². The highest BCUT2D eigenvalue weighted by Gasteiger charge is 2.01. The summed E-state index contributed by atoms with van der Waals surface area (Å²) in [7, 11) is 1.63. The van der Waals surface area contributed by atoms with Crippen molar-refractivity contribution in [2.45, 2.75) is 6.54 Å². The van der Waals surface area contributed by atoms with Gasteiger partial charge in [0.15, 0.2) is 0 Å². The van der Waals surface area contributed by atoms with Crippen LogP contribution in [-0.4, -0.2) is 31.0 Å². The third kappa shape index (κ3) is 5.26. The highest BCUT2D eigenvalue weighted by Crippen LogP contribution is 2.04. The van der Waals surface area contributed by atoms with Crippen LogP contribution in [0.2, 0.25) is 0 Å². The summed E-state index contributed by atoms with van der Waals surface area (Å²) >= 11 is 1.75. The molecule has 18 heavy (non-hydrogen) atoms. The largest absolute Gasteiger partial charge is 0.355 e. The van der Waals surface area contributed by atoms with Crippen LogP contribution in [0.25, 0.3) is 0 Å². The van der Waals surface area contributed by atoms with Crippen LogP contribution in [0.15, 0.2) is 24.3 Å². The van der Waals surface area contributed by atoms with E-state index >= 15 is 0 Å². The summed E-state index contributed by atoms with van der Waals surface area (Å²) in [5, 5.41) is 5.93. The first-order valence-corrected chi connectivity index (χ1v) is 6.96. The molecule has 0 bridgehead atoms. The van der Waals surface area contributed by atoms with Gasteiger partial charge in [-0.2, -0.15) is 0 Å². The predicted octanol–water partition coefficient (Wildman–Crippen LogP) is 1.50. The SMILES string of the molecule is C#CCSCCNCc1ccc(C(=O)NC)cc1. The van der Waals surface area contributed by atoms with Crippen LogP contribution >= 0.6 is 11.8 Å². The third-order valence-corrected chi connectivity index (χ3v) is 3.24. The third-order valence-electron chi connectivity index (χ3n) is 2.38. The molecule has 0 heterocycles. The average Bonchev–Trinajstić information content (AvgIpc) is 2.42. The van der Waals surface area contributed by atoms with E-state index in [1.165, 1.54) is 5.56 Å². The van der Waals surface area contributed by atoms with E-state index < -0.39 is 0 Å². The lowest BCUT2D eigenvalue weighted by Crippen LogP contribution is -2.18. The van der Waals surface area contributed by atoms with E-state index in [9.17, 15) is 4.79 Å². The van der Waals surface area contributed by atoms with Crippen LogP contribution in [-0.2, 0) is 6.54 Å². The summed E-state index contributed by atoms with van der Waals surface area (Å²) in [6.07, 6.45) is 5.16. The summed E-state index contributed by atoms with van der Waals surface area (Å²) < 4.78 is 0. The van der Waals surface area contributed by atoms with Crippen molar-refractivity contribution in [1.82, 2.24) is 10.6 Å². The zero-order valence-corrected chi connectivity index (χ0v) is 11.3. The van der Waals surface area contributed by atoms with Gasteiger partial charge in [-0.1, -0.05) is 18.1 Å². The van der Waals surface area contributed by atoms with Crippen molar-refractivity contribution < 1.29 is 4.79 Å².